The minimum absolute atomic E-state index is 0.418. The molecule has 1 heterocycles. The number of nitrogens with two attached hydrogens (primary N) is 1. The van der Waals surface area contributed by atoms with Crippen LogP contribution in [0.1, 0.15) is 43.4 Å². The van der Waals surface area contributed by atoms with E-state index in [0.29, 0.717) is 19.5 Å². The second-order valence-corrected chi connectivity index (χ2v) is 6.25. The molecule has 0 spiro atoms. The summed E-state index contributed by atoms with van der Waals surface area (Å²) in [5, 5.41) is 9.11. The number of allylic oxidation sites excluding steroid dienone is 1. The standard InChI is InChI=1S/C17H22N2O4/c1-17(2,23-15(18)20)9-4-3-6-12-7-5-8-13-10-19(16(21)22)11-14(12)13/h3,5-8H,4,9-11H2,1-2H3,(H2,18,20)(H,21,22). The van der Waals surface area contributed by atoms with Gasteiger partial charge in [-0.05, 0) is 43.4 Å². The smallest absolute Gasteiger partial charge is 0.407 e. The topological polar surface area (TPSA) is 92.9 Å². The van der Waals surface area contributed by atoms with Crippen molar-refractivity contribution in [3.05, 3.63) is 41.0 Å². The lowest BCUT2D eigenvalue weighted by Gasteiger charge is -2.23. The van der Waals surface area contributed by atoms with Crippen LogP contribution in [-0.2, 0) is 17.8 Å². The summed E-state index contributed by atoms with van der Waals surface area (Å²) in [5.74, 6) is 0. The Morgan fingerprint density at radius 1 is 1.39 bits per heavy atom. The highest BCUT2D eigenvalue weighted by Gasteiger charge is 2.24. The Hall–Kier alpha value is -2.50. The summed E-state index contributed by atoms with van der Waals surface area (Å²) in [5.41, 5.74) is 7.57. The number of nitrogens with zero attached hydrogens (tertiary/aromatic N) is 1. The summed E-state index contributed by atoms with van der Waals surface area (Å²) in [6, 6.07) is 5.87. The molecule has 2 amide bonds. The lowest BCUT2D eigenvalue weighted by Crippen LogP contribution is -2.30. The van der Waals surface area contributed by atoms with Gasteiger partial charge in [0.2, 0.25) is 0 Å². The molecule has 1 aliphatic heterocycles. The van der Waals surface area contributed by atoms with Gasteiger partial charge in [0.1, 0.15) is 5.60 Å². The highest BCUT2D eigenvalue weighted by molar-refractivity contribution is 5.68. The fourth-order valence-corrected chi connectivity index (χ4v) is 2.70. The summed E-state index contributed by atoms with van der Waals surface area (Å²) in [4.78, 5) is 23.3. The maximum atomic E-state index is 11.1. The number of carbonyl (C=O) groups is 2. The van der Waals surface area contributed by atoms with Crippen LogP contribution in [0.4, 0.5) is 9.59 Å². The molecule has 1 aromatic rings. The number of ether oxygens (including phenoxy) is 1. The van der Waals surface area contributed by atoms with Crippen LogP contribution < -0.4 is 5.73 Å². The van der Waals surface area contributed by atoms with Crippen molar-refractivity contribution < 1.29 is 19.4 Å². The van der Waals surface area contributed by atoms with E-state index >= 15 is 0 Å². The van der Waals surface area contributed by atoms with Gasteiger partial charge in [-0.1, -0.05) is 30.4 Å². The number of amides is 2. The van der Waals surface area contributed by atoms with Crippen LogP contribution in [0.25, 0.3) is 6.08 Å². The quantitative estimate of drug-likeness (QED) is 0.870. The van der Waals surface area contributed by atoms with Crippen molar-refractivity contribution in [2.45, 2.75) is 45.4 Å². The molecule has 23 heavy (non-hydrogen) atoms. The monoisotopic (exact) mass is 318 g/mol. The van der Waals surface area contributed by atoms with E-state index in [9.17, 15) is 9.59 Å². The minimum atomic E-state index is -0.901. The summed E-state index contributed by atoms with van der Waals surface area (Å²) in [7, 11) is 0. The number of fused-ring (bicyclic) bond motifs is 1. The van der Waals surface area contributed by atoms with E-state index in [1.807, 2.05) is 44.2 Å². The van der Waals surface area contributed by atoms with Crippen LogP contribution in [0.3, 0.4) is 0 Å². The molecule has 0 radical (unpaired) electrons. The summed E-state index contributed by atoms with van der Waals surface area (Å²) >= 11 is 0. The van der Waals surface area contributed by atoms with Crippen LogP contribution in [0.5, 0.6) is 0 Å². The molecule has 6 heteroatoms. The molecule has 0 saturated carbocycles. The molecule has 0 unspecified atom stereocenters. The van der Waals surface area contributed by atoms with Gasteiger partial charge >= 0.3 is 12.2 Å². The van der Waals surface area contributed by atoms with Crippen LogP contribution in [-0.4, -0.2) is 27.8 Å². The van der Waals surface area contributed by atoms with Crippen molar-refractivity contribution >= 4 is 18.3 Å². The zero-order valence-electron chi connectivity index (χ0n) is 13.4. The van der Waals surface area contributed by atoms with Crippen molar-refractivity contribution in [1.82, 2.24) is 4.90 Å². The summed E-state index contributed by atoms with van der Waals surface area (Å²) < 4.78 is 5.04. The van der Waals surface area contributed by atoms with Crippen molar-refractivity contribution in [3.63, 3.8) is 0 Å². The maximum Gasteiger partial charge on any atom is 0.407 e. The van der Waals surface area contributed by atoms with Gasteiger partial charge in [-0.15, -0.1) is 0 Å². The van der Waals surface area contributed by atoms with Crippen LogP contribution in [0.15, 0.2) is 24.3 Å². The molecule has 2 rings (SSSR count). The molecule has 6 nitrogen and oxygen atoms in total. The normalized spacial score (nSPS) is 14.1. The molecule has 124 valence electrons. The zero-order valence-corrected chi connectivity index (χ0v) is 13.4. The number of rotatable bonds is 5. The third-order valence-electron chi connectivity index (χ3n) is 3.88. The van der Waals surface area contributed by atoms with Crippen LogP contribution in [0.2, 0.25) is 0 Å². The highest BCUT2D eigenvalue weighted by atomic mass is 16.6. The number of hydrogen-bond acceptors (Lipinski definition) is 3. The number of hydrogen-bond donors (Lipinski definition) is 2. The molecule has 0 fully saturated rings. The minimum Gasteiger partial charge on any atom is -0.465 e. The predicted octanol–water partition coefficient (Wildman–Crippen LogP) is 3.35. The summed E-state index contributed by atoms with van der Waals surface area (Å²) in [6.07, 6.45) is 3.71. The first-order valence-corrected chi connectivity index (χ1v) is 7.52. The number of carbonyl (C=O) groups excluding carboxylic acids is 1. The van der Waals surface area contributed by atoms with Gasteiger partial charge in [0, 0.05) is 6.54 Å². The maximum absolute atomic E-state index is 11.1. The Morgan fingerprint density at radius 3 is 2.78 bits per heavy atom. The van der Waals surface area contributed by atoms with Crippen molar-refractivity contribution in [1.29, 1.82) is 0 Å². The van der Waals surface area contributed by atoms with Gasteiger partial charge in [0.15, 0.2) is 0 Å². The number of benzene rings is 1. The number of carboxylic acid groups (broad SMARTS) is 1. The van der Waals surface area contributed by atoms with E-state index in [-0.39, 0.29) is 0 Å². The molecular weight excluding hydrogens is 296 g/mol. The van der Waals surface area contributed by atoms with E-state index in [2.05, 4.69) is 0 Å². The fourth-order valence-electron chi connectivity index (χ4n) is 2.70. The summed E-state index contributed by atoms with van der Waals surface area (Å²) in [6.45, 7) is 4.49. The Morgan fingerprint density at radius 2 is 2.13 bits per heavy atom. The lowest BCUT2D eigenvalue weighted by molar-refractivity contribution is 0.0400. The van der Waals surface area contributed by atoms with E-state index < -0.39 is 17.8 Å². The van der Waals surface area contributed by atoms with Gasteiger partial charge in [-0.2, -0.15) is 0 Å². The van der Waals surface area contributed by atoms with Crippen LogP contribution in [0, 0.1) is 0 Å². The molecule has 1 aromatic carbocycles. The Bertz CT molecular complexity index is 637. The predicted molar refractivity (Wildman–Crippen MR) is 86.7 cm³/mol. The van der Waals surface area contributed by atoms with Gasteiger partial charge in [-0.25, -0.2) is 9.59 Å². The SMILES string of the molecule is CC(C)(CCC=Cc1cccc2c1CN(C(=O)O)C2)OC(N)=O. The molecule has 0 atom stereocenters. The largest absolute Gasteiger partial charge is 0.465 e. The third-order valence-corrected chi connectivity index (χ3v) is 3.88. The second-order valence-electron chi connectivity index (χ2n) is 6.25. The third kappa shape index (κ3) is 4.48. The number of primary amides is 1. The first kappa shape index (κ1) is 16.9. The van der Waals surface area contributed by atoms with Gasteiger partial charge in [0.05, 0.1) is 6.54 Å². The second kappa shape index (κ2) is 6.73. The molecule has 0 saturated heterocycles. The molecule has 1 aliphatic rings. The average Bonchev–Trinajstić information content (AvgIpc) is 2.87. The molecule has 0 aliphatic carbocycles. The van der Waals surface area contributed by atoms with E-state index in [0.717, 1.165) is 23.1 Å². The van der Waals surface area contributed by atoms with Crippen molar-refractivity contribution in [2.24, 2.45) is 5.73 Å². The Balaban J connectivity index is 1.99. The van der Waals surface area contributed by atoms with Gasteiger partial charge < -0.3 is 15.6 Å². The molecule has 0 bridgehead atoms. The molecular formula is C17H22N2O4. The van der Waals surface area contributed by atoms with Gasteiger partial charge in [0.25, 0.3) is 0 Å². The van der Waals surface area contributed by atoms with Crippen molar-refractivity contribution in [3.8, 4) is 0 Å². The first-order chi connectivity index (χ1) is 10.8. The Labute approximate surface area is 135 Å². The van der Waals surface area contributed by atoms with Crippen LogP contribution >= 0.6 is 0 Å². The van der Waals surface area contributed by atoms with E-state index in [1.165, 1.54) is 4.90 Å². The molecule has 0 aromatic heterocycles. The fraction of sp³-hybridized carbons (Fsp3) is 0.412. The Kier molecular flexibility index (Phi) is 4.93. The zero-order chi connectivity index (χ0) is 17.0. The molecule has 3 N–H and O–H groups in total. The van der Waals surface area contributed by atoms with E-state index in [1.54, 1.807) is 0 Å². The first-order valence-electron chi connectivity index (χ1n) is 7.52. The van der Waals surface area contributed by atoms with Gasteiger partial charge in [-0.3, -0.25) is 4.90 Å². The van der Waals surface area contributed by atoms with Crippen molar-refractivity contribution in [2.75, 3.05) is 0 Å². The highest BCUT2D eigenvalue weighted by Crippen LogP contribution is 2.27. The van der Waals surface area contributed by atoms with E-state index in [4.69, 9.17) is 15.6 Å². The lowest BCUT2D eigenvalue weighted by atomic mass is 10.00. The average molecular weight is 318 g/mol.